The quantitative estimate of drug-likeness (QED) is 0.0907. The van der Waals surface area contributed by atoms with Gasteiger partial charge < -0.3 is 38.8 Å². The molecule has 1 saturated heterocycles. The zero-order chi connectivity index (χ0) is 47.2. The lowest BCUT2D eigenvalue weighted by molar-refractivity contribution is -0.144. The molecular formula is C53H64N4O9. The van der Waals surface area contributed by atoms with Crippen LogP contribution in [0.15, 0.2) is 85.5 Å². The number of likely N-dealkylation sites (tertiary alicyclic amines) is 1. The van der Waals surface area contributed by atoms with Gasteiger partial charge >= 0.3 is 0 Å². The van der Waals surface area contributed by atoms with Crippen LogP contribution in [0, 0.1) is 11.3 Å². The number of para-hydroxylation sites is 1. The molecule has 1 atom stereocenters. The van der Waals surface area contributed by atoms with Gasteiger partial charge in [-0.1, -0.05) is 51.6 Å². The molecule has 13 heteroatoms. The van der Waals surface area contributed by atoms with E-state index in [1.165, 1.54) is 6.08 Å². The summed E-state index contributed by atoms with van der Waals surface area (Å²) < 4.78 is 32.0. The first-order valence-corrected chi connectivity index (χ1v) is 23.0. The van der Waals surface area contributed by atoms with Gasteiger partial charge in [0.15, 0.2) is 23.0 Å². The Labute approximate surface area is 387 Å². The van der Waals surface area contributed by atoms with Crippen molar-refractivity contribution in [2.45, 2.75) is 78.9 Å². The van der Waals surface area contributed by atoms with E-state index in [4.69, 9.17) is 23.7 Å². The first-order chi connectivity index (χ1) is 31.7. The lowest BCUT2D eigenvalue weighted by Crippen LogP contribution is -2.47. The fourth-order valence-electron chi connectivity index (χ4n) is 9.01. The predicted octanol–water partition coefficient (Wildman–Crippen LogP) is 9.08. The van der Waals surface area contributed by atoms with Crippen LogP contribution >= 0.6 is 0 Å². The van der Waals surface area contributed by atoms with Crippen LogP contribution < -0.4 is 24.3 Å². The number of fused-ring (bicyclic) bond motifs is 4. The molecule has 1 N–H and O–H groups in total. The van der Waals surface area contributed by atoms with E-state index in [1.54, 1.807) is 30.9 Å². The molecule has 5 aromatic rings. The fourth-order valence-corrected chi connectivity index (χ4v) is 9.01. The summed E-state index contributed by atoms with van der Waals surface area (Å²) in [5.41, 5.74) is 3.45. The second-order valence-electron chi connectivity index (χ2n) is 18.5. The molecule has 13 nitrogen and oxygen atoms in total. The second-order valence-corrected chi connectivity index (χ2v) is 18.5. The summed E-state index contributed by atoms with van der Waals surface area (Å²) in [4.78, 5) is 56.8. The molecule has 0 unspecified atom stereocenters. The lowest BCUT2D eigenvalue weighted by atomic mass is 9.86. The highest BCUT2D eigenvalue weighted by Gasteiger charge is 2.35. The molecule has 3 amide bonds. The molecule has 0 radical (unpaired) electrons. The van der Waals surface area contributed by atoms with Gasteiger partial charge in [-0.05, 0) is 105 Å². The third-order valence-electron chi connectivity index (χ3n) is 12.9. The molecule has 2 aliphatic rings. The number of hydrogen-bond donors (Lipinski definition) is 1. The number of carbonyl (C=O) groups is 4. The van der Waals surface area contributed by atoms with Gasteiger partial charge in [0.05, 0.1) is 44.0 Å². The first-order valence-electron chi connectivity index (χ1n) is 23.0. The number of nitrogens with zero attached hydrogens (tertiary/aromatic N) is 3. The van der Waals surface area contributed by atoms with Crippen LogP contribution in [-0.4, -0.2) is 104 Å². The molecular weight excluding hydrogens is 837 g/mol. The van der Waals surface area contributed by atoms with Gasteiger partial charge in [-0.2, -0.15) is 0 Å². The van der Waals surface area contributed by atoms with Gasteiger partial charge in [0.2, 0.25) is 11.8 Å². The Morgan fingerprint density at radius 2 is 1.61 bits per heavy atom. The molecule has 0 aliphatic carbocycles. The van der Waals surface area contributed by atoms with E-state index in [-0.39, 0.29) is 29.5 Å². The van der Waals surface area contributed by atoms with E-state index < -0.39 is 11.0 Å². The first kappa shape index (κ1) is 47.6. The van der Waals surface area contributed by atoms with Crippen molar-refractivity contribution in [3.05, 3.63) is 96.6 Å². The van der Waals surface area contributed by atoms with Crippen LogP contribution in [0.4, 0.5) is 0 Å². The van der Waals surface area contributed by atoms with Crippen molar-refractivity contribution in [1.82, 2.24) is 19.7 Å². The van der Waals surface area contributed by atoms with E-state index in [0.29, 0.717) is 100 Å². The van der Waals surface area contributed by atoms with Crippen LogP contribution in [0.25, 0.3) is 32.9 Å². The SMILES string of the molecule is C=CC(=O)n1c2ccccc2c2cc(C(=O)NCCC(C)(C)OCCC(C)(C)C(=O)N3CCC[C@H](COc4cc(-c5ccc(OC)c(OC)c5)cc5c4OCCN(C(=O)CC)C5)C3)ccc21. The van der Waals surface area contributed by atoms with E-state index in [0.717, 1.165) is 51.3 Å². The van der Waals surface area contributed by atoms with E-state index in [9.17, 15) is 19.2 Å². The number of methoxy groups -OCH3 is 2. The van der Waals surface area contributed by atoms with Gasteiger partial charge in [-0.3, -0.25) is 23.7 Å². The number of rotatable bonds is 17. The van der Waals surface area contributed by atoms with Crippen LogP contribution in [-0.2, 0) is 20.9 Å². The number of amides is 3. The minimum absolute atomic E-state index is 0.0642. The average molecular weight is 901 g/mol. The smallest absolute Gasteiger partial charge is 0.254 e. The molecule has 0 bridgehead atoms. The highest BCUT2D eigenvalue weighted by atomic mass is 16.5. The number of benzene rings is 4. The Balaban J connectivity index is 0.934. The van der Waals surface area contributed by atoms with E-state index in [2.05, 4.69) is 18.0 Å². The summed E-state index contributed by atoms with van der Waals surface area (Å²) in [5, 5.41) is 4.74. The Hall–Kier alpha value is -6.34. The second kappa shape index (κ2) is 20.4. The highest BCUT2D eigenvalue weighted by Crippen LogP contribution is 2.41. The maximum absolute atomic E-state index is 14.1. The van der Waals surface area contributed by atoms with Crippen molar-refractivity contribution in [2.75, 3.05) is 60.2 Å². The Morgan fingerprint density at radius 3 is 2.36 bits per heavy atom. The van der Waals surface area contributed by atoms with Crippen LogP contribution in [0.5, 0.6) is 23.0 Å². The maximum Gasteiger partial charge on any atom is 0.254 e. The molecule has 7 rings (SSSR count). The molecule has 1 aromatic heterocycles. The molecule has 0 spiro atoms. The third kappa shape index (κ3) is 10.5. The zero-order valence-corrected chi connectivity index (χ0v) is 39.5. The number of piperidine rings is 1. The number of ether oxygens (including phenoxy) is 5. The number of nitrogens with one attached hydrogen (secondary N) is 1. The highest BCUT2D eigenvalue weighted by molar-refractivity contribution is 6.16. The molecule has 3 heterocycles. The minimum atomic E-state index is -0.661. The van der Waals surface area contributed by atoms with Crippen molar-refractivity contribution in [1.29, 1.82) is 0 Å². The Morgan fingerprint density at radius 1 is 0.848 bits per heavy atom. The van der Waals surface area contributed by atoms with Crippen molar-refractivity contribution in [2.24, 2.45) is 11.3 Å². The number of allylic oxidation sites excluding steroid dienone is 1. The van der Waals surface area contributed by atoms with Crippen LogP contribution in [0.2, 0.25) is 0 Å². The molecule has 2 aliphatic heterocycles. The average Bonchev–Trinajstić information content (AvgIpc) is 3.49. The third-order valence-corrected chi connectivity index (χ3v) is 12.9. The van der Waals surface area contributed by atoms with Gasteiger partial charge in [0.1, 0.15) is 6.61 Å². The molecule has 0 saturated carbocycles. The molecule has 66 heavy (non-hydrogen) atoms. The van der Waals surface area contributed by atoms with Gasteiger partial charge in [0, 0.05) is 72.4 Å². The predicted molar refractivity (Wildman–Crippen MR) is 257 cm³/mol. The number of aromatic nitrogens is 1. The summed E-state index contributed by atoms with van der Waals surface area (Å²) in [6.45, 7) is 17.2. The molecule has 1 fully saturated rings. The summed E-state index contributed by atoms with van der Waals surface area (Å²) >= 11 is 0. The van der Waals surface area contributed by atoms with Gasteiger partial charge in [0.25, 0.3) is 11.8 Å². The van der Waals surface area contributed by atoms with Crippen molar-refractivity contribution in [3.8, 4) is 34.1 Å². The topological polar surface area (TPSA) is 138 Å². The molecule has 4 aromatic carbocycles. The van der Waals surface area contributed by atoms with E-state index in [1.807, 2.05) is 99.0 Å². The normalized spacial score (nSPS) is 15.4. The van der Waals surface area contributed by atoms with Crippen molar-refractivity contribution < 1.29 is 42.9 Å². The van der Waals surface area contributed by atoms with Gasteiger partial charge in [-0.25, -0.2) is 0 Å². The summed E-state index contributed by atoms with van der Waals surface area (Å²) in [6.07, 6.45) is 4.58. The van der Waals surface area contributed by atoms with Crippen molar-refractivity contribution in [3.63, 3.8) is 0 Å². The maximum atomic E-state index is 14.1. The Bertz CT molecular complexity index is 2610. The standard InChI is InChI=1S/C53H64N4O9/c1-9-47(58)55-25-27-64-49-39(33-55)28-38(36-18-20-44(62-7)45(30-36)63-8)31-46(49)65-34-35-14-13-24-56(32-35)51(61)52(3,4)22-26-66-53(5,6)21-23-54-50(60)37-17-19-43-41(29-37)40-15-11-12-16-42(40)57(43)48(59)10-2/h10-12,15-20,28-31,35H,2,9,13-14,21-27,32-34H2,1,3-8H3,(H,54,60)/t35-/m0/s1. The van der Waals surface area contributed by atoms with Crippen molar-refractivity contribution >= 4 is 45.4 Å². The molecule has 350 valence electrons. The zero-order valence-electron chi connectivity index (χ0n) is 39.5. The van der Waals surface area contributed by atoms with E-state index >= 15 is 0 Å². The largest absolute Gasteiger partial charge is 0.493 e. The summed E-state index contributed by atoms with van der Waals surface area (Å²) in [6, 6.07) is 22.8. The Kier molecular flexibility index (Phi) is 14.8. The summed E-state index contributed by atoms with van der Waals surface area (Å²) in [5.74, 6) is 2.30. The fraction of sp³-hybridized carbons (Fsp3) is 0.434. The summed E-state index contributed by atoms with van der Waals surface area (Å²) in [7, 11) is 3.22. The number of hydrogen-bond acceptors (Lipinski definition) is 9. The van der Waals surface area contributed by atoms with Gasteiger partial charge in [-0.15, -0.1) is 0 Å². The van der Waals surface area contributed by atoms with Crippen LogP contribution in [0.1, 0.15) is 87.4 Å². The monoisotopic (exact) mass is 900 g/mol. The lowest BCUT2D eigenvalue weighted by Gasteiger charge is -2.38. The van der Waals surface area contributed by atoms with Crippen LogP contribution in [0.3, 0.4) is 0 Å². The number of carbonyl (C=O) groups excluding carboxylic acids is 4. The minimum Gasteiger partial charge on any atom is -0.493 e.